The van der Waals surface area contributed by atoms with Gasteiger partial charge in [0.05, 0.1) is 0 Å². The van der Waals surface area contributed by atoms with Gasteiger partial charge in [-0.2, -0.15) is 0 Å². The monoisotopic (exact) mass is 340 g/mol. The third-order valence-electron chi connectivity index (χ3n) is 3.79. The summed E-state index contributed by atoms with van der Waals surface area (Å²) in [6.45, 7) is 0.658. The molecule has 0 radical (unpaired) electrons. The Labute approximate surface area is 145 Å². The first-order chi connectivity index (χ1) is 12.2. The van der Waals surface area contributed by atoms with E-state index in [4.69, 9.17) is 4.74 Å². The van der Waals surface area contributed by atoms with Crippen LogP contribution in [0.4, 0.5) is 10.5 Å². The Morgan fingerprint density at radius 1 is 1.20 bits per heavy atom. The number of nitrogens with one attached hydrogen (secondary N) is 3. The van der Waals surface area contributed by atoms with Gasteiger partial charge in [0.2, 0.25) is 11.8 Å². The molecule has 1 aromatic heterocycles. The molecule has 0 saturated carbocycles. The average molecular weight is 340 g/mol. The van der Waals surface area contributed by atoms with E-state index in [1.807, 2.05) is 6.07 Å². The number of urea groups is 1. The van der Waals surface area contributed by atoms with Crippen molar-refractivity contribution in [3.05, 3.63) is 48.7 Å². The Morgan fingerprint density at radius 2 is 2.12 bits per heavy atom. The van der Waals surface area contributed by atoms with E-state index in [0.717, 1.165) is 12.8 Å². The maximum Gasteiger partial charge on any atom is 0.319 e. The number of nitrogens with zero attached hydrogens (tertiary/aromatic N) is 1. The molecule has 2 aromatic rings. The van der Waals surface area contributed by atoms with Crippen LogP contribution in [-0.4, -0.2) is 29.5 Å². The molecular weight excluding hydrogens is 320 g/mol. The van der Waals surface area contributed by atoms with E-state index in [2.05, 4.69) is 20.9 Å². The minimum atomic E-state index is -0.504. The first kappa shape index (κ1) is 16.8. The molecule has 130 valence electrons. The van der Waals surface area contributed by atoms with Crippen LogP contribution < -0.4 is 20.7 Å². The van der Waals surface area contributed by atoms with E-state index < -0.39 is 12.1 Å². The van der Waals surface area contributed by atoms with Gasteiger partial charge in [-0.1, -0.05) is 12.1 Å². The van der Waals surface area contributed by atoms with Gasteiger partial charge >= 0.3 is 6.03 Å². The molecule has 7 heteroatoms. The largest absolute Gasteiger partial charge is 0.439 e. The zero-order chi connectivity index (χ0) is 17.5. The fraction of sp³-hybridized carbons (Fsp3) is 0.278. The third kappa shape index (κ3) is 4.94. The molecule has 25 heavy (non-hydrogen) atoms. The number of ether oxygens (including phenoxy) is 1. The molecule has 7 nitrogen and oxygen atoms in total. The van der Waals surface area contributed by atoms with Gasteiger partial charge in [-0.05, 0) is 37.5 Å². The number of rotatable bonds is 4. The standard InChI is InChI=1S/C18H20N4O3/c23-17-15(8-1-3-11-20-17)22-18(24)21-13-6-5-7-14(12-13)25-16-9-2-4-10-19-16/h2,4-7,9-10,12,15H,1,3,8,11H2,(H,20,23)(H2,21,22,24). The minimum absolute atomic E-state index is 0.139. The number of carbonyl (C=O) groups excluding carboxylic acids is 2. The lowest BCUT2D eigenvalue weighted by Gasteiger charge is -2.16. The fourth-order valence-electron chi connectivity index (χ4n) is 2.57. The van der Waals surface area contributed by atoms with Crippen molar-refractivity contribution in [1.29, 1.82) is 0 Å². The summed E-state index contributed by atoms with van der Waals surface area (Å²) in [6, 6.07) is 11.4. The molecule has 0 aliphatic carbocycles. The molecule has 1 fully saturated rings. The molecule has 0 bridgehead atoms. The van der Waals surface area contributed by atoms with Crippen LogP contribution in [0.2, 0.25) is 0 Å². The van der Waals surface area contributed by atoms with E-state index in [9.17, 15) is 9.59 Å². The first-order valence-corrected chi connectivity index (χ1v) is 8.25. The van der Waals surface area contributed by atoms with Gasteiger partial charge in [0.15, 0.2) is 0 Å². The van der Waals surface area contributed by atoms with Crippen molar-refractivity contribution in [2.75, 3.05) is 11.9 Å². The molecule has 1 atom stereocenters. The number of amides is 3. The second-order valence-electron chi connectivity index (χ2n) is 5.74. The number of pyridine rings is 1. The summed E-state index contributed by atoms with van der Waals surface area (Å²) in [5.74, 6) is 0.892. The molecule has 1 aliphatic heterocycles. The Morgan fingerprint density at radius 3 is 2.96 bits per heavy atom. The van der Waals surface area contributed by atoms with Crippen molar-refractivity contribution in [3.63, 3.8) is 0 Å². The Balaban J connectivity index is 1.59. The highest BCUT2D eigenvalue weighted by Crippen LogP contribution is 2.22. The summed E-state index contributed by atoms with van der Waals surface area (Å²) in [7, 11) is 0. The summed E-state index contributed by atoms with van der Waals surface area (Å²) in [5, 5.41) is 8.23. The van der Waals surface area contributed by atoms with E-state index in [1.165, 1.54) is 0 Å². The summed E-state index contributed by atoms with van der Waals surface area (Å²) in [4.78, 5) is 28.1. The van der Waals surface area contributed by atoms with Crippen molar-refractivity contribution in [2.24, 2.45) is 0 Å². The number of anilines is 1. The van der Waals surface area contributed by atoms with Crippen molar-refractivity contribution in [3.8, 4) is 11.6 Å². The second kappa shape index (κ2) is 8.14. The molecule has 1 aliphatic rings. The number of carbonyl (C=O) groups is 2. The Hall–Kier alpha value is -3.09. The fourth-order valence-corrected chi connectivity index (χ4v) is 2.57. The molecule has 3 N–H and O–H groups in total. The number of aromatic nitrogens is 1. The van der Waals surface area contributed by atoms with E-state index in [0.29, 0.717) is 30.3 Å². The predicted octanol–water partition coefficient (Wildman–Crippen LogP) is 2.66. The van der Waals surface area contributed by atoms with Crippen LogP contribution in [-0.2, 0) is 4.79 Å². The van der Waals surface area contributed by atoms with Crippen LogP contribution in [0, 0.1) is 0 Å². The Kier molecular flexibility index (Phi) is 5.46. The van der Waals surface area contributed by atoms with Crippen LogP contribution >= 0.6 is 0 Å². The summed E-state index contributed by atoms with van der Waals surface area (Å²) < 4.78 is 5.64. The molecule has 3 rings (SSSR count). The molecule has 1 unspecified atom stereocenters. The summed E-state index contributed by atoms with van der Waals surface area (Å²) >= 11 is 0. The molecular formula is C18H20N4O3. The number of hydrogen-bond donors (Lipinski definition) is 3. The van der Waals surface area contributed by atoms with E-state index in [1.54, 1.807) is 42.6 Å². The first-order valence-electron chi connectivity index (χ1n) is 8.25. The van der Waals surface area contributed by atoms with Crippen LogP contribution in [0.3, 0.4) is 0 Å². The SMILES string of the molecule is O=C(Nc1cccc(Oc2ccccn2)c1)NC1CCCCNC1=O. The van der Waals surface area contributed by atoms with Gasteiger partial charge in [-0.3, -0.25) is 4.79 Å². The summed E-state index contributed by atoms with van der Waals surface area (Å²) in [6.07, 6.45) is 4.11. The van der Waals surface area contributed by atoms with Gasteiger partial charge in [0, 0.05) is 30.6 Å². The van der Waals surface area contributed by atoms with Crippen molar-refractivity contribution >= 4 is 17.6 Å². The normalized spacial score (nSPS) is 17.1. The van der Waals surface area contributed by atoms with Gasteiger partial charge in [-0.25, -0.2) is 9.78 Å². The highest BCUT2D eigenvalue weighted by Gasteiger charge is 2.22. The molecule has 0 spiro atoms. The second-order valence-corrected chi connectivity index (χ2v) is 5.74. The molecule has 3 amide bonds. The van der Waals surface area contributed by atoms with E-state index >= 15 is 0 Å². The Bertz CT molecular complexity index is 736. The van der Waals surface area contributed by atoms with Crippen molar-refractivity contribution < 1.29 is 14.3 Å². The lowest BCUT2D eigenvalue weighted by atomic mass is 10.1. The van der Waals surface area contributed by atoms with Gasteiger partial charge in [0.1, 0.15) is 11.8 Å². The molecule has 2 heterocycles. The molecule has 1 aromatic carbocycles. The smallest absolute Gasteiger partial charge is 0.319 e. The predicted molar refractivity (Wildman–Crippen MR) is 93.6 cm³/mol. The molecule has 1 saturated heterocycles. The van der Waals surface area contributed by atoms with Crippen molar-refractivity contribution in [2.45, 2.75) is 25.3 Å². The highest BCUT2D eigenvalue weighted by molar-refractivity contribution is 5.93. The van der Waals surface area contributed by atoms with E-state index in [-0.39, 0.29) is 5.91 Å². The number of hydrogen-bond acceptors (Lipinski definition) is 4. The van der Waals surface area contributed by atoms with Crippen LogP contribution in [0.25, 0.3) is 0 Å². The highest BCUT2D eigenvalue weighted by atomic mass is 16.5. The van der Waals surface area contributed by atoms with Crippen molar-refractivity contribution in [1.82, 2.24) is 15.6 Å². The zero-order valence-electron chi connectivity index (χ0n) is 13.7. The van der Waals surface area contributed by atoms with Crippen LogP contribution in [0.5, 0.6) is 11.6 Å². The zero-order valence-corrected chi connectivity index (χ0v) is 13.7. The van der Waals surface area contributed by atoms with Crippen LogP contribution in [0.15, 0.2) is 48.7 Å². The number of benzene rings is 1. The van der Waals surface area contributed by atoms with Gasteiger partial charge in [-0.15, -0.1) is 0 Å². The summed E-state index contributed by atoms with van der Waals surface area (Å²) in [5.41, 5.74) is 0.569. The van der Waals surface area contributed by atoms with Gasteiger partial charge < -0.3 is 20.7 Å². The maximum atomic E-state index is 12.2. The third-order valence-corrected chi connectivity index (χ3v) is 3.79. The van der Waals surface area contributed by atoms with Gasteiger partial charge in [0.25, 0.3) is 0 Å². The van der Waals surface area contributed by atoms with Crippen LogP contribution in [0.1, 0.15) is 19.3 Å². The minimum Gasteiger partial charge on any atom is -0.439 e. The lowest BCUT2D eigenvalue weighted by molar-refractivity contribution is -0.122. The average Bonchev–Trinajstić information content (AvgIpc) is 2.81. The lowest BCUT2D eigenvalue weighted by Crippen LogP contribution is -2.46. The maximum absolute atomic E-state index is 12.2. The quantitative estimate of drug-likeness (QED) is 0.798. The topological polar surface area (TPSA) is 92.3 Å².